The van der Waals surface area contributed by atoms with E-state index in [1.54, 1.807) is 4.90 Å². The van der Waals surface area contributed by atoms with Crippen LogP contribution in [0.15, 0.2) is 18.2 Å². The molecule has 3 heterocycles. The van der Waals surface area contributed by atoms with Crippen LogP contribution in [0.1, 0.15) is 34.3 Å². The van der Waals surface area contributed by atoms with E-state index in [0.717, 1.165) is 43.9 Å². The second-order valence-electron chi connectivity index (χ2n) is 7.88. The number of rotatable bonds is 4. The lowest BCUT2D eigenvalue weighted by molar-refractivity contribution is -0.136. The van der Waals surface area contributed by atoms with Crippen molar-refractivity contribution in [3.05, 3.63) is 34.9 Å². The zero-order valence-corrected chi connectivity index (χ0v) is 15.8. The van der Waals surface area contributed by atoms with Gasteiger partial charge >= 0.3 is 0 Å². The molecule has 0 radical (unpaired) electrons. The van der Waals surface area contributed by atoms with E-state index < -0.39 is 6.04 Å². The van der Waals surface area contributed by atoms with Gasteiger partial charge in [0.2, 0.25) is 11.8 Å². The maximum absolute atomic E-state index is 12.9. The Balaban J connectivity index is 1.47. The van der Waals surface area contributed by atoms with Crippen LogP contribution >= 0.6 is 0 Å². The molecular formula is C20H26N4O4. The molecule has 8 heteroatoms. The van der Waals surface area contributed by atoms with Crippen molar-refractivity contribution in [2.24, 2.45) is 5.92 Å². The Morgan fingerprint density at radius 3 is 2.86 bits per heavy atom. The second kappa shape index (κ2) is 7.98. The Kier molecular flexibility index (Phi) is 5.43. The lowest BCUT2D eigenvalue weighted by Crippen LogP contribution is -2.52. The zero-order valence-electron chi connectivity index (χ0n) is 15.8. The van der Waals surface area contributed by atoms with Crippen LogP contribution in [0.25, 0.3) is 0 Å². The van der Waals surface area contributed by atoms with Crippen LogP contribution in [0.2, 0.25) is 0 Å². The maximum Gasteiger partial charge on any atom is 0.255 e. The molecule has 0 bridgehead atoms. The summed E-state index contributed by atoms with van der Waals surface area (Å²) in [4.78, 5) is 40.3. The number of nitrogens with zero attached hydrogens (tertiary/aromatic N) is 2. The van der Waals surface area contributed by atoms with Gasteiger partial charge in [-0.05, 0) is 23.6 Å². The summed E-state index contributed by atoms with van der Waals surface area (Å²) >= 11 is 0. The number of imide groups is 1. The molecule has 2 atom stereocenters. The van der Waals surface area contributed by atoms with Gasteiger partial charge in [0.15, 0.2) is 0 Å². The molecule has 2 unspecified atom stereocenters. The first kappa shape index (κ1) is 19.0. The molecule has 1 aromatic carbocycles. The molecule has 3 amide bonds. The number of amides is 3. The number of carbonyl (C=O) groups excluding carboxylic acids is 3. The minimum atomic E-state index is -0.581. The largest absolute Gasteiger partial charge is 0.396 e. The number of nitrogens with one attached hydrogen (secondary N) is 2. The van der Waals surface area contributed by atoms with Crippen LogP contribution in [0.5, 0.6) is 0 Å². The number of fused-ring (bicyclic) bond motifs is 1. The summed E-state index contributed by atoms with van der Waals surface area (Å²) in [6, 6.07) is 5.35. The Labute approximate surface area is 163 Å². The minimum Gasteiger partial charge on any atom is -0.396 e. The van der Waals surface area contributed by atoms with E-state index >= 15 is 0 Å². The van der Waals surface area contributed by atoms with Crippen LogP contribution in [0, 0.1) is 5.92 Å². The van der Waals surface area contributed by atoms with Gasteiger partial charge in [-0.3, -0.25) is 24.6 Å². The molecule has 0 aromatic heterocycles. The molecule has 0 spiro atoms. The molecule has 0 aliphatic carbocycles. The van der Waals surface area contributed by atoms with Crippen molar-refractivity contribution < 1.29 is 19.5 Å². The summed E-state index contributed by atoms with van der Waals surface area (Å²) in [6.45, 7) is 4.69. The van der Waals surface area contributed by atoms with Gasteiger partial charge < -0.3 is 15.3 Å². The van der Waals surface area contributed by atoms with E-state index in [4.69, 9.17) is 0 Å². The average molecular weight is 386 g/mol. The number of benzene rings is 1. The Bertz CT molecular complexity index is 796. The smallest absolute Gasteiger partial charge is 0.255 e. The van der Waals surface area contributed by atoms with Crippen LogP contribution in [0.4, 0.5) is 0 Å². The lowest BCUT2D eigenvalue weighted by atomic mass is 10.0. The Hall–Kier alpha value is -2.29. The van der Waals surface area contributed by atoms with Gasteiger partial charge in [-0.1, -0.05) is 12.1 Å². The Morgan fingerprint density at radius 2 is 2.07 bits per heavy atom. The topological polar surface area (TPSA) is 102 Å². The average Bonchev–Trinajstić information content (AvgIpc) is 2.85. The normalized spacial score (nSPS) is 26.2. The van der Waals surface area contributed by atoms with Crippen LogP contribution in [0.3, 0.4) is 0 Å². The highest BCUT2D eigenvalue weighted by atomic mass is 16.3. The number of aliphatic hydroxyl groups excluding tert-OH is 1. The first-order valence-corrected chi connectivity index (χ1v) is 9.85. The first-order valence-electron chi connectivity index (χ1n) is 9.85. The van der Waals surface area contributed by atoms with Gasteiger partial charge in [0, 0.05) is 63.8 Å². The van der Waals surface area contributed by atoms with Crippen molar-refractivity contribution in [2.45, 2.75) is 32.0 Å². The van der Waals surface area contributed by atoms with E-state index in [9.17, 15) is 19.5 Å². The van der Waals surface area contributed by atoms with Crippen molar-refractivity contribution in [3.8, 4) is 0 Å². The first-order chi connectivity index (χ1) is 13.5. The number of hydrogen-bond acceptors (Lipinski definition) is 6. The molecule has 4 rings (SSSR count). The van der Waals surface area contributed by atoms with Gasteiger partial charge in [-0.25, -0.2) is 0 Å². The quantitative estimate of drug-likeness (QED) is 0.601. The summed E-state index contributed by atoms with van der Waals surface area (Å²) in [5, 5.41) is 15.1. The highest BCUT2D eigenvalue weighted by Crippen LogP contribution is 2.28. The third kappa shape index (κ3) is 3.80. The molecule has 0 saturated carbocycles. The molecule has 3 aliphatic heterocycles. The summed E-state index contributed by atoms with van der Waals surface area (Å²) in [5.41, 5.74) is 2.62. The van der Waals surface area contributed by atoms with E-state index in [1.165, 1.54) is 0 Å². The van der Waals surface area contributed by atoms with Crippen molar-refractivity contribution in [1.29, 1.82) is 0 Å². The fourth-order valence-corrected chi connectivity index (χ4v) is 4.29. The zero-order chi connectivity index (χ0) is 19.7. The van der Waals surface area contributed by atoms with E-state index in [0.29, 0.717) is 18.5 Å². The predicted molar refractivity (Wildman–Crippen MR) is 101 cm³/mol. The van der Waals surface area contributed by atoms with Crippen LogP contribution in [-0.2, 0) is 22.7 Å². The molecule has 2 fully saturated rings. The second-order valence-corrected chi connectivity index (χ2v) is 7.88. The van der Waals surface area contributed by atoms with E-state index in [-0.39, 0.29) is 36.7 Å². The fraction of sp³-hybridized carbons (Fsp3) is 0.550. The van der Waals surface area contributed by atoms with Gasteiger partial charge in [-0.15, -0.1) is 0 Å². The standard InChI is InChI=1S/C20H26N4O4/c25-12-14-8-21-5-6-23(10-14)9-13-1-2-15-11-24(20(28)16(15)7-13)17-3-4-18(26)22-19(17)27/h1-2,7,14,17,21,25H,3-6,8-12H2,(H,22,26,27). The highest BCUT2D eigenvalue weighted by molar-refractivity contribution is 6.05. The number of aliphatic hydroxyl groups is 1. The molecule has 2 saturated heterocycles. The molecule has 3 N–H and O–H groups in total. The minimum absolute atomic E-state index is 0.142. The molecule has 8 nitrogen and oxygen atoms in total. The predicted octanol–water partition coefficient (Wildman–Crippen LogP) is -0.539. The van der Waals surface area contributed by atoms with Crippen LogP contribution < -0.4 is 10.6 Å². The summed E-state index contributed by atoms with van der Waals surface area (Å²) in [7, 11) is 0. The van der Waals surface area contributed by atoms with Gasteiger partial charge in [0.1, 0.15) is 6.04 Å². The van der Waals surface area contributed by atoms with Gasteiger partial charge in [-0.2, -0.15) is 0 Å². The van der Waals surface area contributed by atoms with Gasteiger partial charge in [0.05, 0.1) is 0 Å². The number of piperidine rings is 1. The molecule has 150 valence electrons. The summed E-state index contributed by atoms with van der Waals surface area (Å²) < 4.78 is 0. The maximum atomic E-state index is 12.9. The summed E-state index contributed by atoms with van der Waals surface area (Å²) in [6.07, 6.45) is 0.636. The monoisotopic (exact) mass is 386 g/mol. The lowest BCUT2D eigenvalue weighted by Gasteiger charge is -2.29. The SMILES string of the molecule is O=C1CCC(N2Cc3ccc(CN4CCNCC(CO)C4)cc3C2=O)C(=O)N1. The Morgan fingerprint density at radius 1 is 1.21 bits per heavy atom. The molecule has 3 aliphatic rings. The fourth-order valence-electron chi connectivity index (χ4n) is 4.29. The number of carbonyl (C=O) groups is 3. The third-order valence-electron chi connectivity index (χ3n) is 5.81. The number of hydrogen-bond donors (Lipinski definition) is 3. The molecular weight excluding hydrogens is 360 g/mol. The van der Waals surface area contributed by atoms with Gasteiger partial charge in [0.25, 0.3) is 5.91 Å². The van der Waals surface area contributed by atoms with Crippen molar-refractivity contribution >= 4 is 17.7 Å². The van der Waals surface area contributed by atoms with Crippen molar-refractivity contribution in [2.75, 3.05) is 32.8 Å². The molecule has 28 heavy (non-hydrogen) atoms. The van der Waals surface area contributed by atoms with E-state index in [2.05, 4.69) is 15.5 Å². The third-order valence-corrected chi connectivity index (χ3v) is 5.81. The molecule has 1 aromatic rings. The summed E-state index contributed by atoms with van der Waals surface area (Å²) in [5.74, 6) is -0.593. The highest BCUT2D eigenvalue weighted by Gasteiger charge is 2.39. The van der Waals surface area contributed by atoms with Crippen molar-refractivity contribution in [1.82, 2.24) is 20.4 Å². The van der Waals surface area contributed by atoms with Crippen molar-refractivity contribution in [3.63, 3.8) is 0 Å². The van der Waals surface area contributed by atoms with E-state index in [1.807, 2.05) is 18.2 Å². The van der Waals surface area contributed by atoms with Crippen LogP contribution in [-0.4, -0.2) is 71.5 Å².